The van der Waals surface area contributed by atoms with Crippen LogP contribution in [0.5, 0.6) is 0 Å². The largest absolute Gasteiger partial charge is 0.363 e. The van der Waals surface area contributed by atoms with Crippen LogP contribution in [0, 0.1) is 12.7 Å². The molecule has 1 atom stereocenters. The number of morpholine rings is 1. The molecular weight excluding hydrogens is 373 g/mol. The number of ether oxygens (including phenoxy) is 1. The lowest BCUT2D eigenvalue weighted by Crippen LogP contribution is -2.55. The van der Waals surface area contributed by atoms with E-state index >= 15 is 0 Å². The van der Waals surface area contributed by atoms with Gasteiger partial charge in [-0.15, -0.1) is 0 Å². The van der Waals surface area contributed by atoms with E-state index in [1.807, 2.05) is 17.9 Å². The maximum atomic E-state index is 13.3. The summed E-state index contributed by atoms with van der Waals surface area (Å²) in [4.78, 5) is 33.0. The van der Waals surface area contributed by atoms with Crippen molar-refractivity contribution in [2.75, 3.05) is 31.1 Å². The lowest BCUT2D eigenvalue weighted by molar-refractivity contribution is -0.140. The summed E-state index contributed by atoms with van der Waals surface area (Å²) in [6.07, 6.45) is 3.82. The molecule has 0 radical (unpaired) electrons. The summed E-state index contributed by atoms with van der Waals surface area (Å²) in [5, 5.41) is 0. The number of hydrogen-bond donors (Lipinski definition) is 0. The van der Waals surface area contributed by atoms with Crippen molar-refractivity contribution in [2.45, 2.75) is 31.8 Å². The fourth-order valence-corrected chi connectivity index (χ4v) is 4.06. The van der Waals surface area contributed by atoms with Crippen LogP contribution in [0.2, 0.25) is 0 Å². The molecule has 29 heavy (non-hydrogen) atoms. The van der Waals surface area contributed by atoms with Gasteiger partial charge in [-0.3, -0.25) is 14.6 Å². The molecule has 2 aliphatic heterocycles. The van der Waals surface area contributed by atoms with Gasteiger partial charge in [-0.25, -0.2) is 4.39 Å². The van der Waals surface area contributed by atoms with E-state index in [0.29, 0.717) is 37.4 Å². The summed E-state index contributed by atoms with van der Waals surface area (Å²) in [5.41, 5.74) is 1.62. The molecule has 2 aliphatic rings. The molecule has 152 valence electrons. The smallest absolute Gasteiger partial charge is 0.272 e. The number of aromatic nitrogens is 1. The number of hydrogen-bond acceptors (Lipinski definition) is 4. The van der Waals surface area contributed by atoms with Crippen LogP contribution in [0.4, 0.5) is 10.1 Å². The standard InChI is InChI=1S/C22H24FN3O3/c1-16-7-10-24-19(13-16)21(28)25-11-2-8-22(9-12-25)15-26(20(27)14-29-22)18-5-3-17(23)4-6-18/h3-7,10,13H,2,8-9,11-12,14-15H2,1H3. The molecule has 1 aromatic heterocycles. The summed E-state index contributed by atoms with van der Waals surface area (Å²) in [5.74, 6) is -0.547. The van der Waals surface area contributed by atoms with Crippen molar-refractivity contribution in [1.29, 1.82) is 0 Å². The second-order valence-electron chi connectivity index (χ2n) is 7.79. The second-order valence-corrected chi connectivity index (χ2v) is 7.79. The molecule has 1 unspecified atom stereocenters. The highest BCUT2D eigenvalue weighted by Crippen LogP contribution is 2.33. The molecule has 0 bridgehead atoms. The Labute approximate surface area is 169 Å². The van der Waals surface area contributed by atoms with Gasteiger partial charge in [0.2, 0.25) is 0 Å². The third-order valence-electron chi connectivity index (χ3n) is 5.71. The summed E-state index contributed by atoms with van der Waals surface area (Å²) < 4.78 is 19.3. The number of likely N-dealkylation sites (tertiary alicyclic amines) is 1. The average Bonchev–Trinajstić information content (AvgIpc) is 2.93. The van der Waals surface area contributed by atoms with E-state index in [4.69, 9.17) is 4.74 Å². The van der Waals surface area contributed by atoms with Crippen LogP contribution in [-0.4, -0.2) is 53.5 Å². The quantitative estimate of drug-likeness (QED) is 0.782. The van der Waals surface area contributed by atoms with Gasteiger partial charge in [-0.1, -0.05) is 0 Å². The van der Waals surface area contributed by atoms with Gasteiger partial charge < -0.3 is 14.5 Å². The number of nitrogens with zero attached hydrogens (tertiary/aromatic N) is 3. The number of amides is 2. The first-order valence-electron chi connectivity index (χ1n) is 9.88. The molecule has 0 aliphatic carbocycles. The SMILES string of the molecule is Cc1ccnc(C(=O)N2CCCC3(CC2)CN(c2ccc(F)cc2)C(=O)CO3)c1. The van der Waals surface area contributed by atoms with Crippen molar-refractivity contribution in [3.8, 4) is 0 Å². The van der Waals surface area contributed by atoms with Crippen LogP contribution in [0.15, 0.2) is 42.6 Å². The molecule has 7 heteroatoms. The van der Waals surface area contributed by atoms with Crippen molar-refractivity contribution in [2.24, 2.45) is 0 Å². The zero-order valence-corrected chi connectivity index (χ0v) is 16.4. The number of benzene rings is 1. The predicted octanol–water partition coefficient (Wildman–Crippen LogP) is 2.96. The Morgan fingerprint density at radius 1 is 1.17 bits per heavy atom. The number of carbonyl (C=O) groups excluding carboxylic acids is 2. The first-order valence-corrected chi connectivity index (χ1v) is 9.88. The lowest BCUT2D eigenvalue weighted by atomic mass is 9.92. The van der Waals surface area contributed by atoms with Crippen molar-refractivity contribution in [1.82, 2.24) is 9.88 Å². The van der Waals surface area contributed by atoms with Crippen LogP contribution < -0.4 is 4.90 Å². The molecule has 2 amide bonds. The van der Waals surface area contributed by atoms with Crippen molar-refractivity contribution in [3.63, 3.8) is 0 Å². The maximum Gasteiger partial charge on any atom is 0.272 e. The molecule has 0 saturated carbocycles. The number of halogens is 1. The van der Waals surface area contributed by atoms with E-state index in [1.165, 1.54) is 12.1 Å². The van der Waals surface area contributed by atoms with Crippen LogP contribution in [0.3, 0.4) is 0 Å². The number of rotatable bonds is 2. The third kappa shape index (κ3) is 4.15. The minimum absolute atomic E-state index is 0.00917. The first-order chi connectivity index (χ1) is 14.0. The summed E-state index contributed by atoms with van der Waals surface area (Å²) in [7, 11) is 0. The van der Waals surface area contributed by atoms with E-state index < -0.39 is 5.60 Å². The van der Waals surface area contributed by atoms with Crippen molar-refractivity contribution in [3.05, 3.63) is 59.7 Å². The third-order valence-corrected chi connectivity index (χ3v) is 5.71. The van der Waals surface area contributed by atoms with E-state index in [0.717, 1.165) is 18.4 Å². The Balaban J connectivity index is 1.48. The normalized spacial score (nSPS) is 22.6. The van der Waals surface area contributed by atoms with Gasteiger partial charge in [0, 0.05) is 25.0 Å². The zero-order chi connectivity index (χ0) is 20.4. The number of carbonyl (C=O) groups is 2. The highest BCUT2D eigenvalue weighted by Gasteiger charge is 2.42. The van der Waals surface area contributed by atoms with Gasteiger partial charge in [0.15, 0.2) is 0 Å². The maximum absolute atomic E-state index is 13.3. The highest BCUT2D eigenvalue weighted by atomic mass is 19.1. The van der Waals surface area contributed by atoms with Gasteiger partial charge in [0.1, 0.15) is 18.1 Å². The molecule has 2 fully saturated rings. The van der Waals surface area contributed by atoms with E-state index in [-0.39, 0.29) is 24.2 Å². The Morgan fingerprint density at radius 2 is 1.97 bits per heavy atom. The average molecular weight is 397 g/mol. The molecule has 6 nitrogen and oxygen atoms in total. The second kappa shape index (κ2) is 7.91. The Hall–Kier alpha value is -2.80. The van der Waals surface area contributed by atoms with E-state index in [1.54, 1.807) is 29.3 Å². The molecule has 3 heterocycles. The van der Waals surface area contributed by atoms with Gasteiger partial charge in [-0.05, 0) is 68.1 Å². The monoisotopic (exact) mass is 397 g/mol. The first kappa shape index (κ1) is 19.5. The molecular formula is C22H24FN3O3. The molecule has 2 aromatic rings. The minimum Gasteiger partial charge on any atom is -0.363 e. The van der Waals surface area contributed by atoms with E-state index in [9.17, 15) is 14.0 Å². The van der Waals surface area contributed by atoms with Crippen molar-refractivity contribution >= 4 is 17.5 Å². The number of pyridine rings is 1. The summed E-state index contributed by atoms with van der Waals surface area (Å²) in [6.45, 7) is 3.50. The number of anilines is 1. The minimum atomic E-state index is -0.503. The molecule has 2 saturated heterocycles. The highest BCUT2D eigenvalue weighted by molar-refractivity contribution is 5.95. The predicted molar refractivity (Wildman–Crippen MR) is 106 cm³/mol. The van der Waals surface area contributed by atoms with Gasteiger partial charge in [0.05, 0.1) is 12.1 Å². The van der Waals surface area contributed by atoms with Crippen LogP contribution >= 0.6 is 0 Å². The topological polar surface area (TPSA) is 62.7 Å². The zero-order valence-electron chi connectivity index (χ0n) is 16.4. The van der Waals surface area contributed by atoms with Crippen LogP contribution in [0.1, 0.15) is 35.3 Å². The van der Waals surface area contributed by atoms with Gasteiger partial charge >= 0.3 is 0 Å². The fourth-order valence-electron chi connectivity index (χ4n) is 4.06. The summed E-state index contributed by atoms with van der Waals surface area (Å²) >= 11 is 0. The van der Waals surface area contributed by atoms with Crippen molar-refractivity contribution < 1.29 is 18.7 Å². The fraction of sp³-hybridized carbons (Fsp3) is 0.409. The molecule has 1 spiro atoms. The van der Waals surface area contributed by atoms with Gasteiger partial charge in [0.25, 0.3) is 11.8 Å². The molecule has 1 aromatic carbocycles. The van der Waals surface area contributed by atoms with E-state index in [2.05, 4.69) is 4.98 Å². The Kier molecular flexibility index (Phi) is 5.32. The lowest BCUT2D eigenvalue weighted by Gasteiger charge is -2.42. The number of aryl methyl sites for hydroxylation is 1. The Morgan fingerprint density at radius 3 is 2.72 bits per heavy atom. The van der Waals surface area contributed by atoms with Gasteiger partial charge in [-0.2, -0.15) is 0 Å². The summed E-state index contributed by atoms with van der Waals surface area (Å²) in [6, 6.07) is 9.60. The molecule has 0 N–H and O–H groups in total. The van der Waals surface area contributed by atoms with Crippen LogP contribution in [0.25, 0.3) is 0 Å². The Bertz CT molecular complexity index is 918. The molecule has 4 rings (SSSR count). The van der Waals surface area contributed by atoms with Crippen LogP contribution in [-0.2, 0) is 9.53 Å².